The number of fused-ring (bicyclic) bond motifs is 1. The standard InChI is InChI=1S/C14H9F4NO2S/c15-12-5-2-6-13-11(12)8-19(22(13,20)21)10-4-1-3-9(7-10)14(16,17)18/h1-7H,8H2. The molecule has 116 valence electrons. The van der Waals surface area contributed by atoms with Crippen LogP contribution in [-0.4, -0.2) is 8.42 Å². The summed E-state index contributed by atoms with van der Waals surface area (Å²) in [6.07, 6.45) is -4.59. The first-order valence-electron chi connectivity index (χ1n) is 6.18. The highest BCUT2D eigenvalue weighted by Crippen LogP contribution is 2.38. The number of hydrogen-bond donors (Lipinski definition) is 0. The third-order valence-electron chi connectivity index (χ3n) is 3.41. The van der Waals surface area contributed by atoms with Gasteiger partial charge in [-0.05, 0) is 30.3 Å². The number of benzene rings is 2. The molecule has 0 aromatic heterocycles. The summed E-state index contributed by atoms with van der Waals surface area (Å²) in [5.74, 6) is -0.699. The van der Waals surface area contributed by atoms with Crippen molar-refractivity contribution in [3.63, 3.8) is 0 Å². The topological polar surface area (TPSA) is 37.4 Å². The molecule has 0 amide bonds. The van der Waals surface area contributed by atoms with Gasteiger partial charge in [0.2, 0.25) is 0 Å². The lowest BCUT2D eigenvalue weighted by molar-refractivity contribution is -0.137. The highest BCUT2D eigenvalue weighted by atomic mass is 32.2. The summed E-state index contributed by atoms with van der Waals surface area (Å²) < 4.78 is 77.5. The smallest absolute Gasteiger partial charge is 0.262 e. The lowest BCUT2D eigenvalue weighted by Gasteiger charge is -2.18. The Bertz CT molecular complexity index is 846. The van der Waals surface area contributed by atoms with Crippen molar-refractivity contribution in [1.82, 2.24) is 0 Å². The minimum atomic E-state index is -4.59. The number of rotatable bonds is 1. The maximum absolute atomic E-state index is 13.7. The molecule has 8 heteroatoms. The Hall–Kier alpha value is -2.09. The van der Waals surface area contributed by atoms with E-state index in [4.69, 9.17) is 0 Å². The van der Waals surface area contributed by atoms with Gasteiger partial charge in [0, 0.05) is 5.56 Å². The van der Waals surface area contributed by atoms with Crippen molar-refractivity contribution in [3.8, 4) is 0 Å². The first-order valence-corrected chi connectivity index (χ1v) is 7.62. The Kier molecular flexibility index (Phi) is 3.17. The lowest BCUT2D eigenvalue weighted by atomic mass is 10.1. The maximum Gasteiger partial charge on any atom is 0.416 e. The number of anilines is 1. The number of sulfonamides is 1. The van der Waals surface area contributed by atoms with Gasteiger partial charge >= 0.3 is 6.18 Å². The van der Waals surface area contributed by atoms with E-state index in [2.05, 4.69) is 0 Å². The SMILES string of the molecule is O=S1(=O)c2cccc(F)c2CN1c1cccc(C(F)(F)F)c1. The second-order valence-corrected chi connectivity index (χ2v) is 6.61. The van der Waals surface area contributed by atoms with E-state index < -0.39 is 27.6 Å². The van der Waals surface area contributed by atoms with Gasteiger partial charge in [0.15, 0.2) is 0 Å². The van der Waals surface area contributed by atoms with Crippen molar-refractivity contribution < 1.29 is 26.0 Å². The molecule has 0 aliphatic carbocycles. The van der Waals surface area contributed by atoms with Crippen LogP contribution >= 0.6 is 0 Å². The minimum absolute atomic E-state index is 0.0417. The van der Waals surface area contributed by atoms with Crippen LogP contribution in [0.3, 0.4) is 0 Å². The molecule has 2 aromatic carbocycles. The monoisotopic (exact) mass is 331 g/mol. The molecule has 0 saturated heterocycles. The van der Waals surface area contributed by atoms with Crippen LogP contribution in [0.2, 0.25) is 0 Å². The molecule has 0 fully saturated rings. The number of halogens is 4. The van der Waals surface area contributed by atoms with E-state index in [0.29, 0.717) is 0 Å². The maximum atomic E-state index is 13.7. The Morgan fingerprint density at radius 3 is 2.36 bits per heavy atom. The van der Waals surface area contributed by atoms with E-state index in [-0.39, 0.29) is 22.7 Å². The molecule has 0 spiro atoms. The van der Waals surface area contributed by atoms with Gasteiger partial charge in [-0.25, -0.2) is 12.8 Å². The van der Waals surface area contributed by atoms with E-state index in [9.17, 15) is 26.0 Å². The van der Waals surface area contributed by atoms with Crippen LogP contribution in [0.4, 0.5) is 23.2 Å². The number of hydrogen-bond acceptors (Lipinski definition) is 2. The highest BCUT2D eigenvalue weighted by molar-refractivity contribution is 7.93. The molecule has 22 heavy (non-hydrogen) atoms. The fraction of sp³-hybridized carbons (Fsp3) is 0.143. The first-order chi connectivity index (χ1) is 10.2. The molecule has 3 rings (SSSR count). The summed E-state index contributed by atoms with van der Waals surface area (Å²) in [4.78, 5) is -0.218. The lowest BCUT2D eigenvalue weighted by Crippen LogP contribution is -2.24. The third-order valence-corrected chi connectivity index (χ3v) is 5.27. The Balaban J connectivity index is 2.11. The molecule has 0 unspecified atom stereocenters. The van der Waals surface area contributed by atoms with Gasteiger partial charge in [0.1, 0.15) is 5.82 Å². The fourth-order valence-electron chi connectivity index (χ4n) is 2.35. The molecule has 0 atom stereocenters. The van der Waals surface area contributed by atoms with Crippen LogP contribution in [0.25, 0.3) is 0 Å². The van der Waals surface area contributed by atoms with Gasteiger partial charge in [0.05, 0.1) is 22.7 Å². The highest BCUT2D eigenvalue weighted by Gasteiger charge is 2.38. The van der Waals surface area contributed by atoms with E-state index in [1.54, 1.807) is 0 Å². The van der Waals surface area contributed by atoms with Crippen molar-refractivity contribution >= 4 is 15.7 Å². The summed E-state index contributed by atoms with van der Waals surface area (Å²) in [7, 11) is -4.06. The van der Waals surface area contributed by atoms with Gasteiger partial charge in [-0.2, -0.15) is 13.2 Å². The van der Waals surface area contributed by atoms with Crippen LogP contribution in [0.5, 0.6) is 0 Å². The summed E-state index contributed by atoms with van der Waals surface area (Å²) in [5, 5.41) is 0. The van der Waals surface area contributed by atoms with Crippen LogP contribution in [-0.2, 0) is 22.7 Å². The Labute approximate surface area is 123 Å². The zero-order valence-corrected chi connectivity index (χ0v) is 11.7. The molecule has 0 bridgehead atoms. The molecular formula is C14H9F4NO2S. The minimum Gasteiger partial charge on any atom is -0.262 e. The fourth-order valence-corrected chi connectivity index (χ4v) is 4.00. The normalized spacial score (nSPS) is 16.6. The van der Waals surface area contributed by atoms with Crippen LogP contribution < -0.4 is 4.31 Å². The van der Waals surface area contributed by atoms with Crippen molar-refractivity contribution in [1.29, 1.82) is 0 Å². The van der Waals surface area contributed by atoms with E-state index in [1.807, 2.05) is 0 Å². The molecule has 1 aliphatic rings. The second kappa shape index (κ2) is 4.70. The van der Waals surface area contributed by atoms with Gasteiger partial charge in [-0.1, -0.05) is 12.1 Å². The van der Waals surface area contributed by atoms with Crippen LogP contribution in [0.15, 0.2) is 47.4 Å². The largest absolute Gasteiger partial charge is 0.416 e. The van der Waals surface area contributed by atoms with E-state index in [0.717, 1.165) is 28.6 Å². The summed E-state index contributed by atoms with van der Waals surface area (Å²) >= 11 is 0. The van der Waals surface area contributed by atoms with Gasteiger partial charge in [-0.15, -0.1) is 0 Å². The van der Waals surface area contributed by atoms with Crippen molar-refractivity contribution in [2.24, 2.45) is 0 Å². The average molecular weight is 331 g/mol. The Morgan fingerprint density at radius 1 is 1.05 bits per heavy atom. The van der Waals surface area contributed by atoms with E-state index >= 15 is 0 Å². The molecule has 0 N–H and O–H groups in total. The zero-order chi connectivity index (χ0) is 16.1. The Morgan fingerprint density at radius 2 is 1.73 bits per heavy atom. The predicted molar refractivity (Wildman–Crippen MR) is 71.2 cm³/mol. The van der Waals surface area contributed by atoms with Crippen LogP contribution in [0, 0.1) is 5.82 Å². The summed E-state index contributed by atoms with van der Waals surface area (Å²) in [6.45, 7) is -0.328. The number of alkyl halides is 3. The van der Waals surface area contributed by atoms with Crippen molar-refractivity contribution in [3.05, 3.63) is 59.4 Å². The zero-order valence-electron chi connectivity index (χ0n) is 10.9. The van der Waals surface area contributed by atoms with Gasteiger partial charge in [0.25, 0.3) is 10.0 Å². The summed E-state index contributed by atoms with van der Waals surface area (Å²) in [6, 6.07) is 7.55. The second-order valence-electron chi connectivity index (χ2n) is 4.78. The third kappa shape index (κ3) is 2.23. The average Bonchev–Trinajstić information content (AvgIpc) is 2.71. The predicted octanol–water partition coefficient (Wildman–Crippen LogP) is 3.55. The van der Waals surface area contributed by atoms with Crippen molar-refractivity contribution in [2.45, 2.75) is 17.6 Å². The quantitative estimate of drug-likeness (QED) is 0.750. The van der Waals surface area contributed by atoms with Crippen molar-refractivity contribution in [2.75, 3.05) is 4.31 Å². The summed E-state index contributed by atoms with van der Waals surface area (Å²) in [5.41, 5.74) is -1.15. The van der Waals surface area contributed by atoms with Gasteiger partial charge < -0.3 is 0 Å². The van der Waals surface area contributed by atoms with Gasteiger partial charge in [-0.3, -0.25) is 4.31 Å². The molecular weight excluding hydrogens is 322 g/mol. The first kappa shape index (κ1) is 14.8. The number of nitrogens with zero attached hydrogens (tertiary/aromatic N) is 1. The molecule has 3 nitrogen and oxygen atoms in total. The molecule has 0 radical (unpaired) electrons. The molecule has 1 aliphatic heterocycles. The molecule has 2 aromatic rings. The molecule has 1 heterocycles. The van der Waals surface area contributed by atoms with Crippen LogP contribution in [0.1, 0.15) is 11.1 Å². The van der Waals surface area contributed by atoms with E-state index in [1.165, 1.54) is 18.2 Å². The molecule has 0 saturated carbocycles.